The van der Waals surface area contributed by atoms with E-state index in [-0.39, 0.29) is 5.82 Å². The Morgan fingerprint density at radius 2 is 2.05 bits per heavy atom. The minimum atomic E-state index is -4.38. The number of anilines is 1. The molecule has 0 bridgehead atoms. The van der Waals surface area contributed by atoms with Crippen molar-refractivity contribution < 1.29 is 13.2 Å². The number of rotatable bonds is 3. The van der Waals surface area contributed by atoms with Crippen LogP contribution in [0, 0.1) is 0 Å². The predicted molar refractivity (Wildman–Crippen MR) is 65.8 cm³/mol. The Bertz CT molecular complexity index is 553. The number of alkyl halides is 3. The van der Waals surface area contributed by atoms with Gasteiger partial charge in [0.15, 0.2) is 0 Å². The average molecular weight is 267 g/mol. The molecule has 0 radical (unpaired) electrons. The first-order valence-corrected chi connectivity index (χ1v) is 5.64. The number of hydrogen-bond donors (Lipinski definition) is 1. The van der Waals surface area contributed by atoms with Gasteiger partial charge >= 0.3 is 6.18 Å². The summed E-state index contributed by atoms with van der Waals surface area (Å²) in [6.45, 7) is 0. The molecule has 2 rings (SSSR count). The minimum Gasteiger partial charge on any atom is -0.373 e. The van der Waals surface area contributed by atoms with Gasteiger partial charge in [0, 0.05) is 31.6 Å². The second kappa shape index (κ2) is 5.26. The second-order valence-corrected chi connectivity index (χ2v) is 4.02. The molecule has 0 saturated heterocycles. The van der Waals surface area contributed by atoms with Crippen LogP contribution in [0.4, 0.5) is 19.0 Å². The Morgan fingerprint density at radius 1 is 1.26 bits per heavy atom. The molecule has 100 valence electrons. The molecule has 0 aromatic carbocycles. The Morgan fingerprint density at radius 3 is 2.63 bits per heavy atom. The summed E-state index contributed by atoms with van der Waals surface area (Å²) in [5, 5.41) is 2.64. The monoisotopic (exact) mass is 267 g/mol. The van der Waals surface area contributed by atoms with Gasteiger partial charge in [-0.3, -0.25) is 4.98 Å². The molecule has 0 aliphatic rings. The summed E-state index contributed by atoms with van der Waals surface area (Å²) < 4.78 is 38.3. The Labute approximate surface area is 108 Å². The predicted octanol–water partition coefficient (Wildman–Crippen LogP) is 3.13. The molecule has 0 atom stereocenters. The summed E-state index contributed by atoms with van der Waals surface area (Å²) in [6.07, 6.45) is -0.840. The highest BCUT2D eigenvalue weighted by Crippen LogP contribution is 2.31. The number of nitrogens with zero attached hydrogens (tertiary/aromatic N) is 2. The number of hydrogen-bond acceptors (Lipinski definition) is 3. The summed E-state index contributed by atoms with van der Waals surface area (Å²) in [5.41, 5.74) is 0.467. The molecule has 2 aromatic rings. The van der Waals surface area contributed by atoms with E-state index in [0.29, 0.717) is 12.1 Å². The molecule has 0 aliphatic carbocycles. The second-order valence-electron chi connectivity index (χ2n) is 4.02. The fourth-order valence-electron chi connectivity index (χ4n) is 1.68. The van der Waals surface area contributed by atoms with Crippen LogP contribution < -0.4 is 5.32 Å². The van der Waals surface area contributed by atoms with Gasteiger partial charge in [0.2, 0.25) is 0 Å². The highest BCUT2D eigenvalue weighted by molar-refractivity contribution is 5.41. The van der Waals surface area contributed by atoms with Crippen LogP contribution in [0.2, 0.25) is 0 Å². The zero-order chi connectivity index (χ0) is 13.9. The van der Waals surface area contributed by atoms with E-state index >= 15 is 0 Å². The molecule has 3 nitrogen and oxygen atoms in total. The fourth-order valence-corrected chi connectivity index (χ4v) is 1.68. The number of aromatic nitrogens is 2. The lowest BCUT2D eigenvalue weighted by Crippen LogP contribution is -2.09. The molecule has 2 heterocycles. The lowest BCUT2D eigenvalue weighted by molar-refractivity contribution is -0.137. The molecule has 0 saturated carbocycles. The topological polar surface area (TPSA) is 37.8 Å². The molecule has 6 heteroatoms. The van der Waals surface area contributed by atoms with Crippen LogP contribution in [0.3, 0.4) is 0 Å². The van der Waals surface area contributed by atoms with Gasteiger partial charge in [-0.25, -0.2) is 4.98 Å². The van der Waals surface area contributed by atoms with Crippen molar-refractivity contribution in [1.82, 2.24) is 9.97 Å². The summed E-state index contributed by atoms with van der Waals surface area (Å²) in [5.74, 6) is 0.203. The molecule has 0 spiro atoms. The van der Waals surface area contributed by atoms with Crippen molar-refractivity contribution in [1.29, 1.82) is 0 Å². The van der Waals surface area contributed by atoms with Crippen molar-refractivity contribution in [3.8, 4) is 0 Å². The zero-order valence-corrected chi connectivity index (χ0v) is 10.2. The molecule has 0 aliphatic heterocycles. The van der Waals surface area contributed by atoms with Crippen LogP contribution in [0.25, 0.3) is 0 Å². The first-order chi connectivity index (χ1) is 8.99. The largest absolute Gasteiger partial charge is 0.416 e. The maximum Gasteiger partial charge on any atom is 0.416 e. The Balaban J connectivity index is 2.35. The summed E-state index contributed by atoms with van der Waals surface area (Å²) in [4.78, 5) is 8.05. The van der Waals surface area contributed by atoms with E-state index in [1.807, 2.05) is 0 Å². The molecule has 19 heavy (non-hydrogen) atoms. The SMILES string of the molecule is CNc1cc(C(F)(F)F)cc(Cc2cccnc2)n1. The van der Waals surface area contributed by atoms with Gasteiger partial charge in [-0.15, -0.1) is 0 Å². The van der Waals surface area contributed by atoms with Crippen molar-refractivity contribution in [3.05, 3.63) is 53.5 Å². The molecular weight excluding hydrogens is 255 g/mol. The van der Waals surface area contributed by atoms with Gasteiger partial charge in [0.05, 0.1) is 5.56 Å². The molecule has 0 unspecified atom stereocenters. The van der Waals surface area contributed by atoms with Gasteiger partial charge in [0.25, 0.3) is 0 Å². The average Bonchev–Trinajstić information content (AvgIpc) is 2.38. The Hall–Kier alpha value is -2.11. The van der Waals surface area contributed by atoms with Crippen molar-refractivity contribution >= 4 is 5.82 Å². The summed E-state index contributed by atoms with van der Waals surface area (Å²) in [6, 6.07) is 5.59. The van der Waals surface area contributed by atoms with Crippen molar-refractivity contribution in [3.63, 3.8) is 0 Å². The number of pyridine rings is 2. The van der Waals surface area contributed by atoms with Gasteiger partial charge < -0.3 is 5.32 Å². The van der Waals surface area contributed by atoms with E-state index in [9.17, 15) is 13.2 Å². The standard InChI is InChI=1S/C13H12F3N3/c1-17-12-7-10(13(14,15)16)6-11(19-12)5-9-3-2-4-18-8-9/h2-4,6-8H,5H2,1H3,(H,17,19). The van der Waals surface area contributed by atoms with Gasteiger partial charge in [-0.2, -0.15) is 13.2 Å². The van der Waals surface area contributed by atoms with Crippen molar-refractivity contribution in [2.45, 2.75) is 12.6 Å². The first kappa shape index (κ1) is 13.3. The third-order valence-electron chi connectivity index (χ3n) is 2.57. The van der Waals surface area contributed by atoms with E-state index in [1.165, 1.54) is 7.05 Å². The molecule has 2 aromatic heterocycles. The third-order valence-corrected chi connectivity index (χ3v) is 2.57. The van der Waals surface area contributed by atoms with E-state index in [4.69, 9.17) is 0 Å². The first-order valence-electron chi connectivity index (χ1n) is 5.64. The summed E-state index contributed by atoms with van der Waals surface area (Å²) in [7, 11) is 1.54. The maximum atomic E-state index is 12.8. The summed E-state index contributed by atoms with van der Waals surface area (Å²) >= 11 is 0. The van der Waals surface area contributed by atoms with Gasteiger partial charge in [-0.1, -0.05) is 6.07 Å². The molecule has 0 amide bonds. The minimum absolute atomic E-state index is 0.203. The smallest absolute Gasteiger partial charge is 0.373 e. The van der Waals surface area contributed by atoms with Crippen LogP contribution >= 0.6 is 0 Å². The zero-order valence-electron chi connectivity index (χ0n) is 10.2. The lowest BCUT2D eigenvalue weighted by Gasteiger charge is -2.11. The highest BCUT2D eigenvalue weighted by atomic mass is 19.4. The highest BCUT2D eigenvalue weighted by Gasteiger charge is 2.31. The number of halogens is 3. The fraction of sp³-hybridized carbons (Fsp3) is 0.231. The molecule has 1 N–H and O–H groups in total. The molecule has 0 fully saturated rings. The van der Waals surface area contributed by atoms with E-state index < -0.39 is 11.7 Å². The lowest BCUT2D eigenvalue weighted by atomic mass is 10.1. The van der Waals surface area contributed by atoms with E-state index in [2.05, 4.69) is 15.3 Å². The Kier molecular flexibility index (Phi) is 3.69. The van der Waals surface area contributed by atoms with Gasteiger partial charge in [-0.05, 0) is 23.8 Å². The van der Waals surface area contributed by atoms with E-state index in [0.717, 1.165) is 17.7 Å². The third kappa shape index (κ3) is 3.43. The van der Waals surface area contributed by atoms with Crippen LogP contribution in [0.15, 0.2) is 36.7 Å². The van der Waals surface area contributed by atoms with Crippen LogP contribution in [-0.4, -0.2) is 17.0 Å². The van der Waals surface area contributed by atoms with Gasteiger partial charge in [0.1, 0.15) is 5.82 Å². The quantitative estimate of drug-likeness (QED) is 0.928. The van der Waals surface area contributed by atoms with E-state index in [1.54, 1.807) is 24.5 Å². The normalized spacial score (nSPS) is 11.4. The maximum absolute atomic E-state index is 12.8. The van der Waals surface area contributed by atoms with Crippen LogP contribution in [-0.2, 0) is 12.6 Å². The van der Waals surface area contributed by atoms with Crippen molar-refractivity contribution in [2.75, 3.05) is 12.4 Å². The van der Waals surface area contributed by atoms with Crippen molar-refractivity contribution in [2.24, 2.45) is 0 Å². The van der Waals surface area contributed by atoms with Crippen LogP contribution in [0.1, 0.15) is 16.8 Å². The molecular formula is C13H12F3N3. The van der Waals surface area contributed by atoms with Crippen LogP contribution in [0.5, 0.6) is 0 Å². The number of nitrogens with one attached hydrogen (secondary N) is 1.